The predicted octanol–water partition coefficient (Wildman–Crippen LogP) is 1.41. The number of thioether (sulfide) groups is 1. The van der Waals surface area contributed by atoms with E-state index in [4.69, 9.17) is 5.73 Å². The first-order valence-electron chi connectivity index (χ1n) is 9.36. The normalized spacial score (nSPS) is 14.2. The lowest BCUT2D eigenvalue weighted by Gasteiger charge is -2.24. The number of hydrogen-bond acceptors (Lipinski definition) is 5. The summed E-state index contributed by atoms with van der Waals surface area (Å²) in [6.45, 7) is 3.86. The lowest BCUT2D eigenvalue weighted by molar-refractivity contribution is -0.142. The molecule has 8 heteroatoms. The van der Waals surface area contributed by atoms with E-state index in [-0.39, 0.29) is 12.3 Å². The van der Waals surface area contributed by atoms with E-state index < -0.39 is 35.9 Å². The van der Waals surface area contributed by atoms with Crippen molar-refractivity contribution in [2.75, 3.05) is 12.0 Å². The highest BCUT2D eigenvalue weighted by Gasteiger charge is 2.28. The van der Waals surface area contributed by atoms with E-state index >= 15 is 0 Å². The summed E-state index contributed by atoms with van der Waals surface area (Å²) in [5.74, 6) is -1.15. The van der Waals surface area contributed by atoms with Gasteiger partial charge in [-0.25, -0.2) is 4.79 Å². The largest absolute Gasteiger partial charge is 0.480 e. The molecular formula is C20H31N3O4S. The van der Waals surface area contributed by atoms with Gasteiger partial charge in [-0.2, -0.15) is 11.8 Å². The van der Waals surface area contributed by atoms with Gasteiger partial charge in [0.15, 0.2) is 0 Å². The summed E-state index contributed by atoms with van der Waals surface area (Å²) in [7, 11) is 0. The first-order valence-corrected chi connectivity index (χ1v) is 10.8. The molecule has 0 spiro atoms. The van der Waals surface area contributed by atoms with Crippen molar-refractivity contribution in [1.29, 1.82) is 0 Å². The minimum absolute atomic E-state index is 0.135. The fourth-order valence-corrected chi connectivity index (χ4v) is 3.17. The van der Waals surface area contributed by atoms with Crippen molar-refractivity contribution in [2.24, 2.45) is 11.7 Å². The summed E-state index contributed by atoms with van der Waals surface area (Å²) in [4.78, 5) is 36.6. The van der Waals surface area contributed by atoms with Crippen molar-refractivity contribution in [3.8, 4) is 0 Å². The third kappa shape index (κ3) is 8.75. The summed E-state index contributed by atoms with van der Waals surface area (Å²) in [5.41, 5.74) is 6.69. The Morgan fingerprint density at radius 3 is 2.21 bits per heavy atom. The Kier molecular flexibility index (Phi) is 10.6. The number of benzene rings is 1. The molecule has 1 aromatic carbocycles. The lowest BCUT2D eigenvalue weighted by atomic mass is 10.0. The van der Waals surface area contributed by atoms with Gasteiger partial charge in [-0.1, -0.05) is 44.2 Å². The van der Waals surface area contributed by atoms with Gasteiger partial charge in [-0.15, -0.1) is 0 Å². The Balaban J connectivity index is 2.80. The molecule has 0 saturated heterocycles. The predicted molar refractivity (Wildman–Crippen MR) is 112 cm³/mol. The molecule has 1 rings (SSSR count). The molecule has 0 radical (unpaired) electrons. The molecular weight excluding hydrogens is 378 g/mol. The van der Waals surface area contributed by atoms with Gasteiger partial charge in [0.25, 0.3) is 0 Å². The monoisotopic (exact) mass is 409 g/mol. The van der Waals surface area contributed by atoms with Gasteiger partial charge in [0.2, 0.25) is 11.8 Å². The van der Waals surface area contributed by atoms with Gasteiger partial charge in [0, 0.05) is 6.42 Å². The first kappa shape index (κ1) is 24.0. The van der Waals surface area contributed by atoms with Crippen LogP contribution in [0, 0.1) is 5.92 Å². The van der Waals surface area contributed by atoms with E-state index in [1.807, 2.05) is 38.3 Å². The van der Waals surface area contributed by atoms with Crippen LogP contribution in [0.15, 0.2) is 30.3 Å². The minimum Gasteiger partial charge on any atom is -0.480 e. The number of carbonyl (C=O) groups is 3. The average Bonchev–Trinajstić information content (AvgIpc) is 2.65. The van der Waals surface area contributed by atoms with Gasteiger partial charge in [-0.3, -0.25) is 9.59 Å². The second kappa shape index (κ2) is 12.4. The number of rotatable bonds is 12. The van der Waals surface area contributed by atoms with Gasteiger partial charge in [0.05, 0.1) is 6.04 Å². The zero-order valence-corrected chi connectivity index (χ0v) is 17.5. The topological polar surface area (TPSA) is 122 Å². The van der Waals surface area contributed by atoms with Crippen LogP contribution in [0.5, 0.6) is 0 Å². The van der Waals surface area contributed by atoms with Gasteiger partial charge in [-0.05, 0) is 36.3 Å². The van der Waals surface area contributed by atoms with Crippen molar-refractivity contribution < 1.29 is 19.5 Å². The smallest absolute Gasteiger partial charge is 0.326 e. The van der Waals surface area contributed by atoms with Crippen molar-refractivity contribution in [1.82, 2.24) is 10.6 Å². The van der Waals surface area contributed by atoms with Crippen molar-refractivity contribution in [3.05, 3.63) is 35.9 Å². The Labute approximate surface area is 170 Å². The molecule has 5 N–H and O–H groups in total. The zero-order valence-electron chi connectivity index (χ0n) is 16.7. The van der Waals surface area contributed by atoms with Crippen LogP contribution in [0.3, 0.4) is 0 Å². The maximum Gasteiger partial charge on any atom is 0.326 e. The summed E-state index contributed by atoms with van der Waals surface area (Å²) in [6.07, 6.45) is 3.00. The molecule has 28 heavy (non-hydrogen) atoms. The third-order valence-electron chi connectivity index (χ3n) is 4.21. The molecule has 7 nitrogen and oxygen atoms in total. The second-order valence-electron chi connectivity index (χ2n) is 7.17. The van der Waals surface area contributed by atoms with E-state index in [1.54, 1.807) is 23.9 Å². The van der Waals surface area contributed by atoms with E-state index in [1.165, 1.54) is 0 Å². The van der Waals surface area contributed by atoms with E-state index in [9.17, 15) is 19.5 Å². The van der Waals surface area contributed by atoms with Crippen LogP contribution in [0.4, 0.5) is 0 Å². The number of carboxylic acids is 1. The first-order chi connectivity index (χ1) is 13.2. The standard InChI is InChI=1S/C20H31N3O4S/c1-13(2)11-16(22-18(24)15(21)9-10-28-3)19(25)23-17(20(26)27)12-14-7-5-4-6-8-14/h4-8,13,15-17H,9-12,21H2,1-3H3,(H,22,24)(H,23,25)(H,26,27)/t15-,16+,17+/m0/s1. The molecule has 156 valence electrons. The van der Waals surface area contributed by atoms with Crippen LogP contribution in [-0.4, -0.2) is 53.0 Å². The van der Waals surface area contributed by atoms with E-state index in [0.29, 0.717) is 12.8 Å². The minimum atomic E-state index is -1.12. The molecule has 0 unspecified atom stereocenters. The molecule has 0 bridgehead atoms. The van der Waals surface area contributed by atoms with Crippen LogP contribution in [-0.2, 0) is 20.8 Å². The number of carbonyl (C=O) groups excluding carboxylic acids is 2. The van der Waals surface area contributed by atoms with Crippen molar-refractivity contribution in [2.45, 2.75) is 51.2 Å². The molecule has 0 aliphatic heterocycles. The molecule has 3 atom stereocenters. The van der Waals surface area contributed by atoms with Gasteiger partial charge in [0.1, 0.15) is 12.1 Å². The summed E-state index contributed by atoms with van der Waals surface area (Å²) in [6, 6.07) is 6.47. The Morgan fingerprint density at radius 2 is 1.68 bits per heavy atom. The highest BCUT2D eigenvalue weighted by Crippen LogP contribution is 2.09. The van der Waals surface area contributed by atoms with Crippen LogP contribution in [0.1, 0.15) is 32.3 Å². The number of carboxylic acid groups (broad SMARTS) is 1. The fraction of sp³-hybridized carbons (Fsp3) is 0.550. The molecule has 0 aliphatic rings. The molecule has 0 heterocycles. The zero-order chi connectivity index (χ0) is 21.1. The summed E-state index contributed by atoms with van der Waals surface area (Å²) in [5, 5.41) is 14.7. The highest BCUT2D eigenvalue weighted by molar-refractivity contribution is 7.98. The highest BCUT2D eigenvalue weighted by atomic mass is 32.2. The van der Waals surface area contributed by atoms with E-state index in [2.05, 4.69) is 10.6 Å². The lowest BCUT2D eigenvalue weighted by Crippen LogP contribution is -2.55. The Hall–Kier alpha value is -2.06. The SMILES string of the molecule is CSCC[C@H](N)C(=O)N[C@H](CC(C)C)C(=O)N[C@H](Cc1ccccc1)C(=O)O. The number of aliphatic carboxylic acids is 1. The second-order valence-corrected chi connectivity index (χ2v) is 8.15. The number of nitrogens with one attached hydrogen (secondary N) is 2. The van der Waals surface area contributed by atoms with Crippen LogP contribution in [0.2, 0.25) is 0 Å². The third-order valence-corrected chi connectivity index (χ3v) is 4.85. The summed E-state index contributed by atoms with van der Waals surface area (Å²) >= 11 is 1.59. The number of amides is 2. The molecule has 0 saturated carbocycles. The molecule has 0 aliphatic carbocycles. The molecule has 1 aromatic rings. The average molecular weight is 410 g/mol. The van der Waals surface area contributed by atoms with Crippen LogP contribution in [0.25, 0.3) is 0 Å². The van der Waals surface area contributed by atoms with E-state index in [0.717, 1.165) is 11.3 Å². The van der Waals surface area contributed by atoms with Crippen molar-refractivity contribution in [3.63, 3.8) is 0 Å². The maximum absolute atomic E-state index is 12.7. The quantitative estimate of drug-likeness (QED) is 0.414. The van der Waals surface area contributed by atoms with Crippen LogP contribution >= 0.6 is 11.8 Å². The Morgan fingerprint density at radius 1 is 1.07 bits per heavy atom. The van der Waals surface area contributed by atoms with Crippen molar-refractivity contribution >= 4 is 29.5 Å². The molecule has 0 fully saturated rings. The van der Waals surface area contributed by atoms with Gasteiger partial charge < -0.3 is 21.5 Å². The van der Waals surface area contributed by atoms with Gasteiger partial charge >= 0.3 is 5.97 Å². The summed E-state index contributed by atoms with van der Waals surface area (Å²) < 4.78 is 0. The Bertz CT molecular complexity index is 640. The maximum atomic E-state index is 12.7. The molecule has 2 amide bonds. The number of nitrogens with two attached hydrogens (primary N) is 1. The molecule has 0 aromatic heterocycles. The van der Waals surface area contributed by atoms with Crippen LogP contribution < -0.4 is 16.4 Å². The fourth-order valence-electron chi connectivity index (χ4n) is 2.68. The number of hydrogen-bond donors (Lipinski definition) is 4.